The maximum atomic E-state index is 12.0. The summed E-state index contributed by atoms with van der Waals surface area (Å²) in [6.07, 6.45) is 0.744. The van der Waals surface area contributed by atoms with Crippen molar-refractivity contribution in [2.24, 2.45) is 5.73 Å². The Hall–Kier alpha value is -4.89. The van der Waals surface area contributed by atoms with Gasteiger partial charge in [0, 0.05) is 16.7 Å². The molecule has 6 heteroatoms. The van der Waals surface area contributed by atoms with Gasteiger partial charge in [-0.05, 0) is 70.6 Å². The summed E-state index contributed by atoms with van der Waals surface area (Å²) in [5.74, 6) is -1.04. The number of carboxylic acids is 1. The molecule has 1 aliphatic rings. The molecule has 37 heavy (non-hydrogen) atoms. The summed E-state index contributed by atoms with van der Waals surface area (Å²) in [4.78, 5) is 12.0. The third kappa shape index (κ3) is 4.32. The first-order chi connectivity index (χ1) is 17.8. The topological polar surface area (TPSA) is 123 Å². The zero-order chi connectivity index (χ0) is 26.2. The molecule has 1 aliphatic heterocycles. The Kier molecular flexibility index (Phi) is 5.98. The van der Waals surface area contributed by atoms with Gasteiger partial charge in [0.25, 0.3) is 0 Å². The van der Waals surface area contributed by atoms with Crippen LogP contribution in [0.2, 0.25) is 0 Å². The van der Waals surface area contributed by atoms with E-state index in [1.54, 1.807) is 12.1 Å². The van der Waals surface area contributed by atoms with Gasteiger partial charge >= 0.3 is 5.97 Å². The summed E-state index contributed by atoms with van der Waals surface area (Å²) in [5.41, 5.74) is 12.2. The molecule has 2 unspecified atom stereocenters. The Morgan fingerprint density at radius 1 is 1.05 bits per heavy atom. The number of nitriles is 1. The van der Waals surface area contributed by atoms with Gasteiger partial charge in [-0.2, -0.15) is 5.26 Å². The van der Waals surface area contributed by atoms with Crippen molar-refractivity contribution in [1.29, 1.82) is 10.7 Å². The number of aromatic carboxylic acids is 1. The number of hydrogen-bond donors (Lipinski definition) is 4. The van der Waals surface area contributed by atoms with E-state index in [0.29, 0.717) is 16.7 Å². The highest BCUT2D eigenvalue weighted by Crippen LogP contribution is 2.48. The van der Waals surface area contributed by atoms with E-state index < -0.39 is 5.97 Å². The lowest BCUT2D eigenvalue weighted by atomic mass is 9.68. The van der Waals surface area contributed by atoms with Crippen LogP contribution in [0.5, 0.6) is 0 Å². The monoisotopic (exact) mass is 486 g/mol. The van der Waals surface area contributed by atoms with Crippen LogP contribution in [0.4, 0.5) is 5.69 Å². The van der Waals surface area contributed by atoms with Crippen LogP contribution in [0.1, 0.15) is 57.6 Å². The molecular formula is C31H26N4O2. The van der Waals surface area contributed by atoms with Gasteiger partial charge < -0.3 is 16.2 Å². The molecule has 2 atom stereocenters. The molecule has 0 bridgehead atoms. The molecule has 5 N–H and O–H groups in total. The smallest absolute Gasteiger partial charge is 0.336 e. The van der Waals surface area contributed by atoms with Crippen molar-refractivity contribution >= 4 is 17.5 Å². The highest BCUT2D eigenvalue weighted by molar-refractivity contribution is 5.97. The normalized spacial score (nSPS) is 18.2. The van der Waals surface area contributed by atoms with Crippen LogP contribution < -0.4 is 11.1 Å². The SMILES string of the molecule is CC1(c2ccccc2)CC(c2cccc(-c3ccc(C#N)cc3C(=O)O)c2)Nc2ccc(C(=N)N)cc21. The van der Waals surface area contributed by atoms with Crippen LogP contribution in [0.3, 0.4) is 0 Å². The van der Waals surface area contributed by atoms with Gasteiger partial charge in [-0.25, -0.2) is 4.79 Å². The first-order valence-corrected chi connectivity index (χ1v) is 12.0. The van der Waals surface area contributed by atoms with E-state index in [1.807, 2.05) is 66.7 Å². The number of hydrogen-bond acceptors (Lipinski definition) is 4. The van der Waals surface area contributed by atoms with Crippen LogP contribution in [-0.2, 0) is 5.41 Å². The number of carbonyl (C=O) groups is 1. The van der Waals surface area contributed by atoms with E-state index in [2.05, 4.69) is 24.4 Å². The zero-order valence-electron chi connectivity index (χ0n) is 20.3. The van der Waals surface area contributed by atoms with Crippen LogP contribution in [-0.4, -0.2) is 16.9 Å². The standard InChI is InChI=1S/C31H26N4O2/c1-31(23-8-3-2-4-9-23)17-28(35-27-13-11-22(29(33)34)16-26(27)31)21-7-5-6-20(15-21)24-12-10-19(18-32)14-25(24)30(36)37/h2-16,28,35H,17H2,1H3,(H3,33,34)(H,36,37). The summed E-state index contributed by atoms with van der Waals surface area (Å²) >= 11 is 0. The molecule has 182 valence electrons. The van der Waals surface area contributed by atoms with E-state index in [1.165, 1.54) is 11.6 Å². The largest absolute Gasteiger partial charge is 0.478 e. The minimum Gasteiger partial charge on any atom is -0.478 e. The van der Waals surface area contributed by atoms with E-state index in [-0.39, 0.29) is 22.9 Å². The second-order valence-electron chi connectivity index (χ2n) is 9.58. The average molecular weight is 487 g/mol. The molecule has 4 aromatic rings. The molecule has 0 radical (unpaired) electrons. The number of nitrogen functional groups attached to an aromatic ring is 1. The van der Waals surface area contributed by atoms with Crippen molar-refractivity contribution in [1.82, 2.24) is 0 Å². The number of carboxylic acid groups (broad SMARTS) is 1. The van der Waals surface area contributed by atoms with Crippen LogP contribution in [0.25, 0.3) is 11.1 Å². The van der Waals surface area contributed by atoms with Gasteiger partial charge in [0.1, 0.15) is 5.84 Å². The first-order valence-electron chi connectivity index (χ1n) is 12.0. The van der Waals surface area contributed by atoms with Gasteiger partial charge in [0.15, 0.2) is 0 Å². The lowest BCUT2D eigenvalue weighted by Crippen LogP contribution is -2.35. The van der Waals surface area contributed by atoms with E-state index in [9.17, 15) is 15.2 Å². The van der Waals surface area contributed by atoms with Crippen molar-refractivity contribution < 1.29 is 9.90 Å². The second kappa shape index (κ2) is 9.29. The predicted octanol–water partition coefficient (Wildman–Crippen LogP) is 6.07. The van der Waals surface area contributed by atoms with Gasteiger partial charge in [0.2, 0.25) is 0 Å². The van der Waals surface area contributed by atoms with Crippen molar-refractivity contribution in [2.75, 3.05) is 5.32 Å². The third-order valence-electron chi connectivity index (χ3n) is 7.26. The number of benzene rings is 4. The molecule has 0 saturated heterocycles. The van der Waals surface area contributed by atoms with Gasteiger partial charge in [0.05, 0.1) is 23.2 Å². The van der Waals surface area contributed by atoms with Crippen molar-refractivity contribution in [3.8, 4) is 17.2 Å². The Morgan fingerprint density at radius 2 is 1.84 bits per heavy atom. The zero-order valence-corrected chi connectivity index (χ0v) is 20.3. The van der Waals surface area contributed by atoms with Crippen molar-refractivity contribution in [3.63, 3.8) is 0 Å². The number of nitrogens with one attached hydrogen (secondary N) is 2. The highest BCUT2D eigenvalue weighted by Gasteiger charge is 2.39. The molecule has 5 rings (SSSR count). The molecule has 0 saturated carbocycles. The summed E-state index contributed by atoms with van der Waals surface area (Å²) in [5, 5.41) is 30.6. The minimum absolute atomic E-state index is 0.0321. The third-order valence-corrected chi connectivity index (χ3v) is 7.26. The first kappa shape index (κ1) is 23.8. The summed E-state index contributed by atoms with van der Waals surface area (Å²) in [7, 11) is 0. The molecular weight excluding hydrogens is 460 g/mol. The lowest BCUT2D eigenvalue weighted by molar-refractivity contribution is 0.0697. The molecule has 0 spiro atoms. The van der Waals surface area contributed by atoms with Crippen molar-refractivity contribution in [2.45, 2.75) is 24.8 Å². The lowest BCUT2D eigenvalue weighted by Gasteiger charge is -2.42. The molecule has 0 aromatic heterocycles. The highest BCUT2D eigenvalue weighted by atomic mass is 16.4. The Labute approximate surface area is 215 Å². The number of anilines is 1. The number of nitrogens with two attached hydrogens (primary N) is 1. The van der Waals surface area contributed by atoms with Gasteiger partial charge in [-0.1, -0.05) is 61.5 Å². The number of rotatable bonds is 5. The molecule has 0 fully saturated rings. The fraction of sp³-hybridized carbons (Fsp3) is 0.129. The van der Waals surface area contributed by atoms with Crippen LogP contribution in [0, 0.1) is 16.7 Å². The summed E-state index contributed by atoms with van der Waals surface area (Å²) in [6, 6.07) is 30.8. The molecule has 6 nitrogen and oxygen atoms in total. The molecule has 0 amide bonds. The van der Waals surface area contributed by atoms with E-state index in [0.717, 1.165) is 28.8 Å². The van der Waals surface area contributed by atoms with Crippen molar-refractivity contribution in [3.05, 3.63) is 124 Å². The average Bonchev–Trinajstić information content (AvgIpc) is 2.93. The second-order valence-corrected chi connectivity index (χ2v) is 9.58. The van der Waals surface area contributed by atoms with Gasteiger partial charge in [-0.15, -0.1) is 0 Å². The maximum Gasteiger partial charge on any atom is 0.336 e. The Morgan fingerprint density at radius 3 is 2.54 bits per heavy atom. The Balaban J connectivity index is 1.61. The minimum atomic E-state index is -1.07. The van der Waals surface area contributed by atoms with E-state index >= 15 is 0 Å². The predicted molar refractivity (Wildman–Crippen MR) is 145 cm³/mol. The number of amidine groups is 1. The summed E-state index contributed by atoms with van der Waals surface area (Å²) in [6.45, 7) is 2.21. The number of nitrogens with zero attached hydrogens (tertiary/aromatic N) is 1. The van der Waals surface area contributed by atoms with E-state index in [4.69, 9.17) is 11.1 Å². The van der Waals surface area contributed by atoms with Crippen LogP contribution in [0.15, 0.2) is 91.0 Å². The quantitative estimate of drug-likeness (QED) is 0.201. The fourth-order valence-corrected chi connectivity index (χ4v) is 5.30. The Bertz CT molecular complexity index is 1570. The summed E-state index contributed by atoms with van der Waals surface area (Å²) < 4.78 is 0. The number of fused-ring (bicyclic) bond motifs is 1. The maximum absolute atomic E-state index is 12.0. The molecule has 1 heterocycles. The fourth-order valence-electron chi connectivity index (χ4n) is 5.30. The molecule has 0 aliphatic carbocycles. The van der Waals surface area contributed by atoms with Crippen LogP contribution >= 0.6 is 0 Å². The molecule has 4 aromatic carbocycles. The van der Waals surface area contributed by atoms with Gasteiger partial charge in [-0.3, -0.25) is 5.41 Å².